The molecule has 0 bridgehead atoms. The second-order valence-electron chi connectivity index (χ2n) is 5.75. The monoisotopic (exact) mass is 385 g/mol. The van der Waals surface area contributed by atoms with Gasteiger partial charge in [0.05, 0.1) is 12.9 Å². The number of hydrogen-bond donors (Lipinski definition) is 2. The minimum atomic E-state index is 0.116. The van der Waals surface area contributed by atoms with Crippen LogP contribution in [0.25, 0.3) is 22.6 Å². The molecule has 3 aromatic heterocycles. The summed E-state index contributed by atoms with van der Waals surface area (Å²) in [6, 6.07) is 7.91. The molecule has 0 spiro atoms. The summed E-state index contributed by atoms with van der Waals surface area (Å²) in [4.78, 5) is 19.9. The van der Waals surface area contributed by atoms with E-state index in [2.05, 4.69) is 24.9 Å². The Labute approximate surface area is 158 Å². The number of fused-ring (bicyclic) bond motifs is 1. The zero-order valence-electron chi connectivity index (χ0n) is 13.7. The summed E-state index contributed by atoms with van der Waals surface area (Å²) in [6.45, 7) is 2.30. The third kappa shape index (κ3) is 2.85. The van der Waals surface area contributed by atoms with E-state index in [1.54, 1.807) is 4.57 Å². The Morgan fingerprint density at radius 1 is 1.12 bits per heavy atom. The molecule has 0 atom stereocenters. The van der Waals surface area contributed by atoms with Crippen molar-refractivity contribution in [3.63, 3.8) is 0 Å². The molecule has 7 nitrogen and oxygen atoms in total. The molecule has 0 aliphatic heterocycles. The quantitative estimate of drug-likeness (QED) is 0.528. The van der Waals surface area contributed by atoms with Crippen LogP contribution in [-0.2, 0) is 6.54 Å². The second-order valence-corrected chi connectivity index (χ2v) is 6.47. The molecule has 0 aliphatic carbocycles. The summed E-state index contributed by atoms with van der Waals surface area (Å²) in [5, 5.41) is 8.63. The van der Waals surface area contributed by atoms with Gasteiger partial charge in [-0.15, -0.1) is 0 Å². The van der Waals surface area contributed by atoms with Gasteiger partial charge in [0.25, 0.3) is 0 Å². The van der Waals surface area contributed by atoms with Gasteiger partial charge in [-0.3, -0.25) is 5.41 Å². The zero-order valence-corrected chi connectivity index (χ0v) is 15.2. The summed E-state index contributed by atoms with van der Waals surface area (Å²) in [5.74, 6) is 0.676. The number of H-pyrrole nitrogens is 1. The SMILES string of the molecule is Cc1ccccc1-c1nc2c([nH]1)c(=N)ncn2Cc1c(Cl)ncnc1Cl. The van der Waals surface area contributed by atoms with Crippen LogP contribution in [0.1, 0.15) is 11.1 Å². The van der Waals surface area contributed by atoms with Crippen LogP contribution in [0.15, 0.2) is 36.9 Å². The maximum absolute atomic E-state index is 8.08. The molecule has 0 unspecified atom stereocenters. The third-order valence-corrected chi connectivity index (χ3v) is 4.74. The molecular weight excluding hydrogens is 373 g/mol. The fraction of sp³-hybridized carbons (Fsp3) is 0.118. The maximum Gasteiger partial charge on any atom is 0.173 e. The molecule has 9 heteroatoms. The highest BCUT2D eigenvalue weighted by atomic mass is 35.5. The molecule has 3 heterocycles. The topological polar surface area (TPSA) is 96.1 Å². The van der Waals surface area contributed by atoms with E-state index in [1.165, 1.54) is 12.7 Å². The summed E-state index contributed by atoms with van der Waals surface area (Å²) in [5.41, 5.74) is 3.86. The first-order valence-electron chi connectivity index (χ1n) is 7.75. The van der Waals surface area contributed by atoms with Crippen LogP contribution in [-0.4, -0.2) is 29.5 Å². The van der Waals surface area contributed by atoms with E-state index in [0.29, 0.717) is 29.1 Å². The van der Waals surface area contributed by atoms with Crippen LogP contribution in [0.3, 0.4) is 0 Å². The molecule has 0 saturated heterocycles. The molecule has 0 fully saturated rings. The van der Waals surface area contributed by atoms with Gasteiger partial charge in [-0.25, -0.2) is 19.9 Å². The standard InChI is InChI=1S/C17H13Cl2N7/c1-9-4-2-3-5-10(9)16-24-12-15(20)23-8-26(17(12)25-16)6-11-13(18)21-7-22-14(11)19/h2-5,7-8,20H,6H2,1H3,(H,24,25). The number of rotatable bonds is 3. The van der Waals surface area contributed by atoms with E-state index in [9.17, 15) is 0 Å². The van der Waals surface area contributed by atoms with Crippen molar-refractivity contribution >= 4 is 34.4 Å². The number of aromatic nitrogens is 6. The molecule has 0 radical (unpaired) electrons. The van der Waals surface area contributed by atoms with Gasteiger partial charge < -0.3 is 9.55 Å². The number of benzene rings is 1. The van der Waals surface area contributed by atoms with Gasteiger partial charge >= 0.3 is 0 Å². The molecule has 130 valence electrons. The van der Waals surface area contributed by atoms with Crippen LogP contribution < -0.4 is 5.49 Å². The lowest BCUT2D eigenvalue weighted by molar-refractivity contribution is 0.776. The van der Waals surface area contributed by atoms with Crippen molar-refractivity contribution in [3.05, 3.63) is 63.8 Å². The number of hydrogen-bond acceptors (Lipinski definition) is 5. The number of aromatic amines is 1. The first-order chi connectivity index (χ1) is 12.5. The van der Waals surface area contributed by atoms with Crippen molar-refractivity contribution < 1.29 is 0 Å². The number of nitrogens with zero attached hydrogens (tertiary/aromatic N) is 5. The molecule has 0 saturated carbocycles. The van der Waals surface area contributed by atoms with Gasteiger partial charge in [-0.05, 0) is 12.5 Å². The van der Waals surface area contributed by atoms with Crippen molar-refractivity contribution in [2.24, 2.45) is 0 Å². The molecule has 0 amide bonds. The Morgan fingerprint density at radius 3 is 2.58 bits per heavy atom. The molecule has 26 heavy (non-hydrogen) atoms. The Morgan fingerprint density at radius 2 is 1.85 bits per heavy atom. The smallest absolute Gasteiger partial charge is 0.173 e. The highest BCUT2D eigenvalue weighted by Gasteiger charge is 2.15. The van der Waals surface area contributed by atoms with E-state index in [-0.39, 0.29) is 15.8 Å². The Hall–Kier alpha value is -2.77. The second kappa shape index (κ2) is 6.51. The average Bonchev–Trinajstić information content (AvgIpc) is 3.07. The molecule has 4 aromatic rings. The lowest BCUT2D eigenvalue weighted by Crippen LogP contribution is -2.14. The van der Waals surface area contributed by atoms with E-state index < -0.39 is 0 Å². The summed E-state index contributed by atoms with van der Waals surface area (Å²) in [6.07, 6.45) is 2.84. The fourth-order valence-electron chi connectivity index (χ4n) is 2.74. The van der Waals surface area contributed by atoms with Crippen molar-refractivity contribution in [1.82, 2.24) is 29.5 Å². The highest BCUT2D eigenvalue weighted by molar-refractivity contribution is 6.34. The predicted octanol–water partition coefficient (Wildman–Crippen LogP) is 3.36. The number of halogens is 2. The maximum atomic E-state index is 8.08. The van der Waals surface area contributed by atoms with Gasteiger partial charge in [0.1, 0.15) is 28.0 Å². The van der Waals surface area contributed by atoms with Gasteiger partial charge in [0.2, 0.25) is 0 Å². The first-order valence-corrected chi connectivity index (χ1v) is 8.51. The van der Waals surface area contributed by atoms with E-state index >= 15 is 0 Å². The van der Waals surface area contributed by atoms with Crippen LogP contribution in [0.2, 0.25) is 10.3 Å². The lowest BCUT2D eigenvalue weighted by atomic mass is 10.1. The van der Waals surface area contributed by atoms with Gasteiger partial charge in [0, 0.05) is 11.1 Å². The van der Waals surface area contributed by atoms with Crippen LogP contribution in [0, 0.1) is 12.3 Å². The fourth-order valence-corrected chi connectivity index (χ4v) is 3.17. The third-order valence-electron chi connectivity index (χ3n) is 4.09. The van der Waals surface area contributed by atoms with Crippen molar-refractivity contribution in [2.75, 3.05) is 0 Å². The number of nitrogens with one attached hydrogen (secondary N) is 2. The van der Waals surface area contributed by atoms with E-state index in [0.717, 1.165) is 11.1 Å². The number of aryl methyl sites for hydroxylation is 1. The van der Waals surface area contributed by atoms with Crippen LogP contribution >= 0.6 is 23.2 Å². The largest absolute Gasteiger partial charge is 0.334 e. The highest BCUT2D eigenvalue weighted by Crippen LogP contribution is 2.24. The summed E-state index contributed by atoms with van der Waals surface area (Å²) >= 11 is 12.3. The van der Waals surface area contributed by atoms with Gasteiger partial charge in [0.15, 0.2) is 11.1 Å². The lowest BCUT2D eigenvalue weighted by Gasteiger charge is -2.09. The van der Waals surface area contributed by atoms with Gasteiger partial charge in [-0.2, -0.15) is 0 Å². The summed E-state index contributed by atoms with van der Waals surface area (Å²) < 4.78 is 1.77. The molecular formula is C17H13Cl2N7. The normalized spacial score (nSPS) is 11.2. The Kier molecular flexibility index (Phi) is 4.18. The summed E-state index contributed by atoms with van der Waals surface area (Å²) in [7, 11) is 0. The Bertz CT molecular complexity index is 1160. The van der Waals surface area contributed by atoms with Crippen LogP contribution in [0.4, 0.5) is 0 Å². The molecule has 4 rings (SSSR count). The minimum absolute atomic E-state index is 0.116. The average molecular weight is 386 g/mol. The molecule has 0 aliphatic rings. The van der Waals surface area contributed by atoms with Crippen molar-refractivity contribution in [2.45, 2.75) is 13.5 Å². The predicted molar refractivity (Wildman–Crippen MR) is 99.1 cm³/mol. The first kappa shape index (κ1) is 16.7. The van der Waals surface area contributed by atoms with Crippen LogP contribution in [0.5, 0.6) is 0 Å². The molecule has 2 N–H and O–H groups in total. The van der Waals surface area contributed by atoms with E-state index in [1.807, 2.05) is 31.2 Å². The minimum Gasteiger partial charge on any atom is -0.334 e. The Balaban J connectivity index is 1.88. The zero-order chi connectivity index (χ0) is 18.3. The van der Waals surface area contributed by atoms with Gasteiger partial charge in [-0.1, -0.05) is 47.5 Å². The molecule has 1 aromatic carbocycles. The van der Waals surface area contributed by atoms with E-state index in [4.69, 9.17) is 28.6 Å². The van der Waals surface area contributed by atoms with Crippen molar-refractivity contribution in [3.8, 4) is 11.4 Å². The number of imidazole rings is 1. The van der Waals surface area contributed by atoms with Crippen molar-refractivity contribution in [1.29, 1.82) is 5.41 Å².